The Balaban J connectivity index is 1.50. The molecule has 2 aromatic carbocycles. The molecule has 1 amide bonds. The van der Waals surface area contributed by atoms with Crippen molar-refractivity contribution >= 4 is 46.5 Å². The zero-order chi connectivity index (χ0) is 19.1. The van der Waals surface area contributed by atoms with Gasteiger partial charge in [-0.2, -0.15) is 0 Å². The Kier molecular flexibility index (Phi) is 7.20. The molecule has 0 aliphatic rings. The van der Waals surface area contributed by atoms with E-state index in [-0.39, 0.29) is 5.91 Å². The number of nitrogens with one attached hydrogen (secondary N) is 1. The van der Waals surface area contributed by atoms with Gasteiger partial charge in [0.05, 0.1) is 18.6 Å². The number of carbonyl (C=O) groups is 1. The highest BCUT2D eigenvalue weighted by molar-refractivity contribution is 7.99. The lowest BCUT2D eigenvalue weighted by atomic mass is 10.2. The second-order valence-electron chi connectivity index (χ2n) is 5.65. The minimum atomic E-state index is 0.00139. The molecule has 0 atom stereocenters. The molecule has 1 heterocycles. The van der Waals surface area contributed by atoms with Crippen LogP contribution in [0.4, 0.5) is 5.69 Å². The Morgan fingerprint density at radius 1 is 1.22 bits per heavy atom. The first-order chi connectivity index (χ1) is 13.2. The molecular weight excluding hydrogens is 396 g/mol. The van der Waals surface area contributed by atoms with Crippen LogP contribution in [-0.2, 0) is 10.5 Å². The van der Waals surface area contributed by atoms with E-state index in [0.29, 0.717) is 11.5 Å². The van der Waals surface area contributed by atoms with E-state index >= 15 is 0 Å². The summed E-state index contributed by atoms with van der Waals surface area (Å²) in [4.78, 5) is 17.9. The summed E-state index contributed by atoms with van der Waals surface area (Å²) in [5.41, 5.74) is 2.86. The highest BCUT2D eigenvalue weighted by Gasteiger charge is 2.08. The molecule has 0 fully saturated rings. The van der Waals surface area contributed by atoms with E-state index in [9.17, 15) is 4.79 Å². The Morgan fingerprint density at radius 2 is 2.07 bits per heavy atom. The number of carbonyl (C=O) groups excluding carboxylic acids is 1. The van der Waals surface area contributed by atoms with Gasteiger partial charge in [-0.3, -0.25) is 4.79 Å². The van der Waals surface area contributed by atoms with E-state index in [1.54, 1.807) is 42.0 Å². The van der Waals surface area contributed by atoms with E-state index in [2.05, 4.69) is 10.3 Å². The van der Waals surface area contributed by atoms with Crippen molar-refractivity contribution in [3.63, 3.8) is 0 Å². The third-order valence-corrected chi connectivity index (χ3v) is 6.34. The molecule has 7 heteroatoms. The summed E-state index contributed by atoms with van der Waals surface area (Å²) in [7, 11) is 1.66. The maximum atomic E-state index is 12.1. The molecule has 4 nitrogen and oxygen atoms in total. The topological polar surface area (TPSA) is 51.2 Å². The SMILES string of the molecule is COc1cccc(-c2nc(CSCC(=O)Nc3cccc(SC)c3)cs2)c1. The lowest BCUT2D eigenvalue weighted by Gasteiger charge is -2.06. The van der Waals surface area contributed by atoms with E-state index in [1.165, 1.54) is 0 Å². The molecule has 1 aromatic heterocycles. The molecule has 1 N–H and O–H groups in total. The predicted molar refractivity (Wildman–Crippen MR) is 117 cm³/mol. The maximum Gasteiger partial charge on any atom is 0.234 e. The van der Waals surface area contributed by atoms with Crippen molar-refractivity contribution in [3.05, 3.63) is 59.6 Å². The van der Waals surface area contributed by atoms with E-state index < -0.39 is 0 Å². The van der Waals surface area contributed by atoms with Crippen LogP contribution in [-0.4, -0.2) is 30.0 Å². The number of thioether (sulfide) groups is 2. The quantitative estimate of drug-likeness (QED) is 0.498. The Bertz CT molecular complexity index is 912. The minimum Gasteiger partial charge on any atom is -0.497 e. The molecule has 0 saturated carbocycles. The number of nitrogens with zero attached hydrogens (tertiary/aromatic N) is 1. The van der Waals surface area contributed by atoms with Crippen LogP contribution in [0.2, 0.25) is 0 Å². The fourth-order valence-corrected chi connectivity index (χ4v) is 4.51. The first-order valence-electron chi connectivity index (χ1n) is 8.28. The highest BCUT2D eigenvalue weighted by atomic mass is 32.2. The van der Waals surface area contributed by atoms with E-state index in [4.69, 9.17) is 4.74 Å². The summed E-state index contributed by atoms with van der Waals surface area (Å²) in [6.07, 6.45) is 2.02. The molecule has 0 aliphatic carbocycles. The Hall–Kier alpha value is -1.96. The molecule has 0 unspecified atom stereocenters. The second-order valence-corrected chi connectivity index (χ2v) is 8.37. The molecule has 0 bridgehead atoms. The number of aromatic nitrogens is 1. The van der Waals surface area contributed by atoms with Crippen LogP contribution in [0, 0.1) is 0 Å². The smallest absolute Gasteiger partial charge is 0.234 e. The predicted octanol–water partition coefficient (Wildman–Crippen LogP) is 5.41. The van der Waals surface area contributed by atoms with Crippen molar-refractivity contribution in [2.24, 2.45) is 0 Å². The Morgan fingerprint density at radius 3 is 2.89 bits per heavy atom. The lowest BCUT2D eigenvalue weighted by molar-refractivity contribution is -0.113. The third kappa shape index (κ3) is 5.76. The molecular formula is C20H20N2O2S3. The van der Waals surface area contributed by atoms with Crippen LogP contribution >= 0.6 is 34.9 Å². The van der Waals surface area contributed by atoms with Gasteiger partial charge in [0.15, 0.2) is 0 Å². The number of benzene rings is 2. The average molecular weight is 417 g/mol. The van der Waals surface area contributed by atoms with Crippen LogP contribution in [0.1, 0.15) is 5.69 Å². The fourth-order valence-electron chi connectivity index (χ4n) is 2.41. The van der Waals surface area contributed by atoms with Crippen LogP contribution in [0.15, 0.2) is 58.8 Å². The molecule has 0 saturated heterocycles. The number of rotatable bonds is 8. The number of methoxy groups -OCH3 is 1. The number of amides is 1. The van der Waals surface area contributed by atoms with Crippen molar-refractivity contribution in [1.82, 2.24) is 4.98 Å². The van der Waals surface area contributed by atoms with Gasteiger partial charge in [0.2, 0.25) is 5.91 Å². The standard InChI is InChI=1S/C20H20N2O2S3/c1-24-17-7-3-5-14(9-17)20-22-16(12-27-20)11-26-13-19(23)21-15-6-4-8-18(10-15)25-2/h3-10,12H,11,13H2,1-2H3,(H,21,23). The summed E-state index contributed by atoms with van der Waals surface area (Å²) in [5, 5.41) is 5.95. The third-order valence-electron chi connectivity index (χ3n) is 3.71. The molecule has 3 aromatic rings. The maximum absolute atomic E-state index is 12.1. The van der Waals surface area contributed by atoms with Gasteiger partial charge < -0.3 is 10.1 Å². The number of hydrogen-bond acceptors (Lipinski definition) is 6. The monoisotopic (exact) mass is 416 g/mol. The van der Waals surface area contributed by atoms with Crippen molar-refractivity contribution in [3.8, 4) is 16.3 Å². The molecule has 0 aliphatic heterocycles. The largest absolute Gasteiger partial charge is 0.497 e. The van der Waals surface area contributed by atoms with Crippen LogP contribution in [0.3, 0.4) is 0 Å². The Labute approximate surface area is 171 Å². The van der Waals surface area contributed by atoms with E-state index in [1.807, 2.05) is 60.2 Å². The summed E-state index contributed by atoms with van der Waals surface area (Å²) >= 11 is 4.82. The van der Waals surface area contributed by atoms with Crippen LogP contribution in [0.5, 0.6) is 5.75 Å². The van der Waals surface area contributed by atoms with Crippen LogP contribution < -0.4 is 10.1 Å². The molecule has 27 heavy (non-hydrogen) atoms. The number of anilines is 1. The van der Waals surface area contributed by atoms with Gasteiger partial charge in [-0.05, 0) is 36.6 Å². The summed E-state index contributed by atoms with van der Waals surface area (Å²) in [6, 6.07) is 15.7. The van der Waals surface area contributed by atoms with Crippen molar-refractivity contribution in [2.75, 3.05) is 24.4 Å². The van der Waals surface area contributed by atoms with Gasteiger partial charge in [-0.25, -0.2) is 4.98 Å². The van der Waals surface area contributed by atoms with Crippen LogP contribution in [0.25, 0.3) is 10.6 Å². The number of ether oxygens (including phenoxy) is 1. The van der Waals surface area contributed by atoms with Gasteiger partial charge in [0.1, 0.15) is 10.8 Å². The highest BCUT2D eigenvalue weighted by Crippen LogP contribution is 2.28. The van der Waals surface area contributed by atoms with Gasteiger partial charge in [0, 0.05) is 27.3 Å². The molecule has 140 valence electrons. The zero-order valence-corrected chi connectivity index (χ0v) is 17.5. The summed E-state index contributed by atoms with van der Waals surface area (Å²) in [6.45, 7) is 0. The number of thiazole rings is 1. The van der Waals surface area contributed by atoms with E-state index in [0.717, 1.165) is 32.6 Å². The van der Waals surface area contributed by atoms with Gasteiger partial charge >= 0.3 is 0 Å². The van der Waals surface area contributed by atoms with Gasteiger partial charge in [-0.15, -0.1) is 34.9 Å². The lowest BCUT2D eigenvalue weighted by Crippen LogP contribution is -2.14. The first kappa shape index (κ1) is 19.8. The summed E-state index contributed by atoms with van der Waals surface area (Å²) < 4.78 is 5.26. The van der Waals surface area contributed by atoms with Crippen molar-refractivity contribution in [1.29, 1.82) is 0 Å². The molecule has 0 spiro atoms. The van der Waals surface area contributed by atoms with Gasteiger partial charge in [0.25, 0.3) is 0 Å². The molecule has 3 rings (SSSR count). The normalized spacial score (nSPS) is 10.6. The summed E-state index contributed by atoms with van der Waals surface area (Å²) in [5.74, 6) is 1.93. The number of hydrogen-bond donors (Lipinski definition) is 1. The average Bonchev–Trinajstić information content (AvgIpc) is 3.17. The minimum absolute atomic E-state index is 0.00139. The fraction of sp³-hybridized carbons (Fsp3) is 0.200. The second kappa shape index (κ2) is 9.82. The van der Waals surface area contributed by atoms with Crippen molar-refractivity contribution < 1.29 is 9.53 Å². The van der Waals surface area contributed by atoms with Crippen molar-refractivity contribution in [2.45, 2.75) is 10.6 Å². The molecule has 0 radical (unpaired) electrons. The first-order valence-corrected chi connectivity index (χ1v) is 11.5. The zero-order valence-electron chi connectivity index (χ0n) is 15.1. The van der Waals surface area contributed by atoms with Gasteiger partial charge in [-0.1, -0.05) is 18.2 Å².